The molecule has 2 N–H and O–H groups in total. The maximum Gasteiger partial charge on any atom is 0.115 e. The zero-order valence-electron chi connectivity index (χ0n) is 19.5. The van der Waals surface area contributed by atoms with Crippen molar-refractivity contribution in [2.45, 2.75) is 83.2 Å². The van der Waals surface area contributed by atoms with E-state index in [-0.39, 0.29) is 11.5 Å². The number of phenols is 1. The SMILES string of the molecule is CSCCSCCCCCC[C@@H]1Cc2cc(O)ccc2[C@H]2CC[C@]3(C)[C@@H](O)CC[C@H]3[C@H]12. The minimum atomic E-state index is -0.107. The highest BCUT2D eigenvalue weighted by Crippen LogP contribution is 2.62. The van der Waals surface area contributed by atoms with E-state index in [2.05, 4.69) is 31.0 Å². The third kappa shape index (κ3) is 5.11. The fourth-order valence-corrected chi connectivity index (χ4v) is 8.99. The first-order valence-corrected chi connectivity index (χ1v) is 15.2. The first kappa shape index (κ1) is 23.8. The molecule has 3 aliphatic rings. The molecule has 1 aromatic rings. The van der Waals surface area contributed by atoms with Gasteiger partial charge in [0.15, 0.2) is 0 Å². The number of fused-ring (bicyclic) bond motifs is 5. The molecule has 3 aliphatic carbocycles. The van der Waals surface area contributed by atoms with Crippen molar-refractivity contribution < 1.29 is 10.2 Å². The van der Waals surface area contributed by atoms with Gasteiger partial charge >= 0.3 is 0 Å². The lowest BCUT2D eigenvalue weighted by Crippen LogP contribution is -2.47. The van der Waals surface area contributed by atoms with E-state index in [0.29, 0.717) is 23.5 Å². The van der Waals surface area contributed by atoms with Crippen molar-refractivity contribution in [3.05, 3.63) is 29.3 Å². The van der Waals surface area contributed by atoms with Crippen molar-refractivity contribution in [3.63, 3.8) is 0 Å². The van der Waals surface area contributed by atoms with Gasteiger partial charge in [0.25, 0.3) is 0 Å². The van der Waals surface area contributed by atoms with E-state index in [0.717, 1.165) is 25.2 Å². The highest BCUT2D eigenvalue weighted by Gasteiger charge is 2.56. The molecular formula is C27H42O2S2. The van der Waals surface area contributed by atoms with E-state index in [1.807, 2.05) is 23.9 Å². The molecule has 174 valence electrons. The lowest BCUT2D eigenvalue weighted by Gasteiger charge is -2.53. The van der Waals surface area contributed by atoms with Crippen LogP contribution in [0.2, 0.25) is 0 Å². The predicted molar refractivity (Wildman–Crippen MR) is 136 cm³/mol. The summed E-state index contributed by atoms with van der Waals surface area (Å²) >= 11 is 4.06. The van der Waals surface area contributed by atoms with Gasteiger partial charge in [-0.3, -0.25) is 0 Å². The van der Waals surface area contributed by atoms with E-state index in [1.54, 1.807) is 0 Å². The lowest BCUT2D eigenvalue weighted by atomic mass is 9.52. The highest BCUT2D eigenvalue weighted by atomic mass is 32.2. The molecule has 4 heteroatoms. The van der Waals surface area contributed by atoms with Crippen LogP contribution in [-0.2, 0) is 6.42 Å². The van der Waals surface area contributed by atoms with E-state index >= 15 is 0 Å². The maximum atomic E-state index is 10.8. The van der Waals surface area contributed by atoms with Crippen LogP contribution in [0.4, 0.5) is 0 Å². The Morgan fingerprint density at radius 1 is 1.03 bits per heavy atom. The number of aliphatic hydroxyl groups is 1. The summed E-state index contributed by atoms with van der Waals surface area (Å²) in [5.41, 5.74) is 3.03. The largest absolute Gasteiger partial charge is 0.508 e. The molecule has 4 rings (SSSR count). The number of aromatic hydroxyl groups is 1. The third-order valence-electron chi connectivity index (χ3n) is 8.88. The maximum absolute atomic E-state index is 10.8. The summed E-state index contributed by atoms with van der Waals surface area (Å²) in [4.78, 5) is 0. The van der Waals surface area contributed by atoms with Gasteiger partial charge in [0.2, 0.25) is 0 Å². The lowest BCUT2D eigenvalue weighted by molar-refractivity contribution is -0.0396. The Morgan fingerprint density at radius 2 is 1.87 bits per heavy atom. The minimum absolute atomic E-state index is 0.107. The first-order valence-electron chi connectivity index (χ1n) is 12.6. The van der Waals surface area contributed by atoms with Crippen molar-refractivity contribution in [2.24, 2.45) is 23.2 Å². The summed E-state index contributed by atoms with van der Waals surface area (Å²) in [6, 6.07) is 6.15. The summed E-state index contributed by atoms with van der Waals surface area (Å²) in [5.74, 6) is 7.05. The number of hydrogen-bond donors (Lipinski definition) is 2. The smallest absolute Gasteiger partial charge is 0.115 e. The quantitative estimate of drug-likeness (QED) is 0.372. The van der Waals surface area contributed by atoms with E-state index in [1.165, 1.54) is 73.3 Å². The molecule has 0 unspecified atom stereocenters. The summed E-state index contributed by atoms with van der Waals surface area (Å²) in [7, 11) is 0. The molecule has 1 aromatic carbocycles. The van der Waals surface area contributed by atoms with Gasteiger partial charge in [-0.2, -0.15) is 23.5 Å². The molecule has 0 aromatic heterocycles. The van der Waals surface area contributed by atoms with Crippen molar-refractivity contribution in [1.82, 2.24) is 0 Å². The second-order valence-corrected chi connectivity index (χ2v) is 12.8. The highest BCUT2D eigenvalue weighted by molar-refractivity contribution is 8.02. The molecule has 31 heavy (non-hydrogen) atoms. The fraction of sp³-hybridized carbons (Fsp3) is 0.778. The van der Waals surface area contributed by atoms with Crippen LogP contribution in [0.15, 0.2) is 18.2 Å². The predicted octanol–water partition coefficient (Wildman–Crippen LogP) is 6.88. The van der Waals surface area contributed by atoms with Crippen molar-refractivity contribution in [1.29, 1.82) is 0 Å². The topological polar surface area (TPSA) is 40.5 Å². The van der Waals surface area contributed by atoms with E-state index in [4.69, 9.17) is 0 Å². The number of rotatable bonds is 10. The van der Waals surface area contributed by atoms with Gasteiger partial charge < -0.3 is 10.2 Å². The van der Waals surface area contributed by atoms with Crippen LogP contribution in [0.5, 0.6) is 5.75 Å². The Kier molecular flexibility index (Phi) is 8.25. The summed E-state index contributed by atoms with van der Waals surface area (Å²) in [6.07, 6.45) is 14.5. The zero-order valence-corrected chi connectivity index (χ0v) is 21.2. The molecule has 6 atom stereocenters. The van der Waals surface area contributed by atoms with Crippen molar-refractivity contribution in [3.8, 4) is 5.75 Å². The van der Waals surface area contributed by atoms with Crippen LogP contribution in [0, 0.1) is 23.2 Å². The summed E-state index contributed by atoms with van der Waals surface area (Å²) in [6.45, 7) is 2.38. The number of thioether (sulfide) groups is 2. The van der Waals surface area contributed by atoms with Crippen molar-refractivity contribution in [2.75, 3.05) is 23.5 Å². The molecule has 0 aliphatic heterocycles. The molecule has 0 bridgehead atoms. The molecule has 0 spiro atoms. The van der Waals surface area contributed by atoms with Crippen LogP contribution in [0.1, 0.15) is 81.8 Å². The standard InChI is InChI=1S/C27H42O2S2/c1-27-13-12-23-22-9-8-21(28)18-20(22)17-19(26(23)24(27)10-11-25(27)29)7-5-3-4-6-14-31-16-15-30-2/h8-9,18-19,23-26,28-29H,3-7,10-17H2,1-2H3/t19-,23-,24+,25+,26-,27+/m1/s1. The Balaban J connectivity index is 1.39. The molecule has 2 fully saturated rings. The van der Waals surface area contributed by atoms with Crippen LogP contribution in [0.3, 0.4) is 0 Å². The van der Waals surface area contributed by atoms with Crippen LogP contribution in [0.25, 0.3) is 0 Å². The van der Waals surface area contributed by atoms with Gasteiger partial charge in [-0.05, 0) is 109 Å². The average molecular weight is 463 g/mol. The van der Waals surface area contributed by atoms with Crippen molar-refractivity contribution >= 4 is 23.5 Å². The van der Waals surface area contributed by atoms with Gasteiger partial charge in [-0.15, -0.1) is 0 Å². The number of unbranched alkanes of at least 4 members (excludes halogenated alkanes) is 3. The fourth-order valence-electron chi connectivity index (χ4n) is 7.24. The molecule has 0 radical (unpaired) electrons. The minimum Gasteiger partial charge on any atom is -0.508 e. The molecule has 2 nitrogen and oxygen atoms in total. The summed E-state index contributed by atoms with van der Waals surface area (Å²) in [5, 5.41) is 20.9. The Bertz CT molecular complexity index is 723. The van der Waals surface area contributed by atoms with E-state index < -0.39 is 0 Å². The van der Waals surface area contributed by atoms with Crippen LogP contribution in [-0.4, -0.2) is 39.8 Å². The second-order valence-electron chi connectivity index (χ2n) is 10.6. The number of benzene rings is 1. The van der Waals surface area contributed by atoms with E-state index in [9.17, 15) is 10.2 Å². The van der Waals surface area contributed by atoms with Gasteiger partial charge in [0.1, 0.15) is 5.75 Å². The molecule has 0 heterocycles. The van der Waals surface area contributed by atoms with Crippen LogP contribution >= 0.6 is 23.5 Å². The summed E-state index contributed by atoms with van der Waals surface area (Å²) < 4.78 is 0. The van der Waals surface area contributed by atoms with Gasteiger partial charge in [-0.1, -0.05) is 32.3 Å². The Hall–Kier alpha value is -0.320. The Labute approximate surface area is 198 Å². The molecule has 0 amide bonds. The third-order valence-corrected chi connectivity index (χ3v) is 10.8. The number of phenolic OH excluding ortho intramolecular Hbond substituents is 1. The van der Waals surface area contributed by atoms with Gasteiger partial charge in [-0.25, -0.2) is 0 Å². The molecular weight excluding hydrogens is 420 g/mol. The Morgan fingerprint density at radius 3 is 2.71 bits per heavy atom. The van der Waals surface area contributed by atoms with Gasteiger partial charge in [0.05, 0.1) is 6.10 Å². The average Bonchev–Trinajstić information content (AvgIpc) is 3.06. The monoisotopic (exact) mass is 462 g/mol. The van der Waals surface area contributed by atoms with Crippen LogP contribution < -0.4 is 0 Å². The number of aliphatic hydroxyl groups excluding tert-OH is 1. The second kappa shape index (κ2) is 10.7. The zero-order chi connectivity index (χ0) is 21.8. The normalized spacial score (nSPS) is 34.2. The van der Waals surface area contributed by atoms with Gasteiger partial charge in [0, 0.05) is 11.5 Å². The molecule has 2 saturated carbocycles. The first-order chi connectivity index (χ1) is 15.0. The number of hydrogen-bond acceptors (Lipinski definition) is 4. The molecule has 0 saturated heterocycles.